The SMILES string of the molecule is O=C1C=C2CC(C3=C4C(C5CC6=C(C7CC8=C(C9CC%10=CC(=O)O[C@@]%10%11C[C@@H]9N9CCCC9%11)C(=O)O[C@@]89C[C@@H]7N7CCCC79)C(=O)O[C@@]67C[C@@H]5N5CCCC57)=C[C@@H]5C[C@@]4(OC3=O)C3CCCN35)[C@@H]3C[C@@]2(O1)C1CCCN13. The summed E-state index contributed by atoms with van der Waals surface area (Å²) in [4.78, 5) is 85.5. The summed E-state index contributed by atoms with van der Waals surface area (Å²) in [5, 5.41) is 0. The van der Waals surface area contributed by atoms with Crippen molar-refractivity contribution in [2.75, 3.05) is 32.7 Å². The van der Waals surface area contributed by atoms with Gasteiger partial charge in [-0.15, -0.1) is 0 Å². The van der Waals surface area contributed by atoms with E-state index in [9.17, 15) is 9.59 Å². The predicted octanol–water partition coefficient (Wildman–Crippen LogP) is 4.41. The van der Waals surface area contributed by atoms with Gasteiger partial charge in [0.25, 0.3) is 0 Å². The highest BCUT2D eigenvalue weighted by molar-refractivity contribution is 5.99. The van der Waals surface area contributed by atoms with Crippen LogP contribution < -0.4 is 0 Å². The van der Waals surface area contributed by atoms with Crippen molar-refractivity contribution < 1.29 is 47.7 Å². The molecule has 14 fully saturated rings. The highest BCUT2D eigenvalue weighted by atomic mass is 16.6. The Kier molecular flexibility index (Phi) is 7.58. The lowest BCUT2D eigenvalue weighted by Crippen LogP contribution is -2.47. The summed E-state index contributed by atoms with van der Waals surface area (Å²) in [6, 6.07) is 1.14. The van der Waals surface area contributed by atoms with E-state index in [4.69, 9.17) is 23.7 Å². The first-order valence-electron chi connectivity index (χ1n) is 29.8. The van der Waals surface area contributed by atoms with Gasteiger partial charge in [0, 0.05) is 120 Å². The first kappa shape index (κ1) is 42.6. The van der Waals surface area contributed by atoms with Crippen molar-refractivity contribution in [3.05, 3.63) is 68.4 Å². The summed E-state index contributed by atoms with van der Waals surface area (Å²) in [6.07, 6.45) is 22.6. The van der Waals surface area contributed by atoms with Gasteiger partial charge in [0.2, 0.25) is 0 Å². The molecule has 4 saturated carbocycles. The Labute approximate surface area is 435 Å². The Balaban J connectivity index is 0.750. The Hall–Kier alpha value is -4.41. The number of hydrogen-bond acceptors (Lipinski definition) is 15. The van der Waals surface area contributed by atoms with Gasteiger partial charge in [-0.1, -0.05) is 6.08 Å². The Morgan fingerprint density at radius 1 is 0.400 bits per heavy atom. The van der Waals surface area contributed by atoms with Gasteiger partial charge in [0.1, 0.15) is 0 Å². The number of nitrogens with zero attached hydrogens (tertiary/aromatic N) is 5. The molecule has 19 atom stereocenters. The van der Waals surface area contributed by atoms with Crippen LogP contribution in [0.2, 0.25) is 0 Å². The molecule has 9 unspecified atom stereocenters. The first-order chi connectivity index (χ1) is 36.5. The lowest BCUT2D eigenvalue weighted by atomic mass is 9.61. The van der Waals surface area contributed by atoms with Crippen LogP contribution in [-0.4, -0.2) is 175 Å². The van der Waals surface area contributed by atoms with Gasteiger partial charge in [-0.2, -0.15) is 0 Å². The summed E-state index contributed by atoms with van der Waals surface area (Å²) < 4.78 is 33.8. The standard InChI is InChI=1S/C60H65N5O10/c66-47-18-28-16-33(39-24-56(28,71-47)42-6-2-13-63(39)42)49-37-22-35(41-27-59(37,73-53(49)68)45-9-5-15-65(41)45)50-36-21-31(38-26-58(36,74-54(50)69)44-8-4-12-62(38)44)32-20-30-23-60(46-10-1-11-61(30)46)52(32)51(55(70)75-60)34-17-29-19-48(67)72-57(29)25-40(34)64-14-3-7-43(57)64/h18-20,30-31,33-35,38-46H,1-17,21-27H2/t30-,31?,33?,34?,35?,38+,39+,40+,41+,42?,43?,44?,45?,46?,56+,57+,58+,59+,60-/m1/s1. The Morgan fingerprint density at radius 3 is 1.31 bits per heavy atom. The molecule has 390 valence electrons. The van der Waals surface area contributed by atoms with E-state index in [1.54, 1.807) is 12.2 Å². The molecule has 15 heteroatoms. The van der Waals surface area contributed by atoms with Gasteiger partial charge in [-0.25, -0.2) is 24.0 Å². The van der Waals surface area contributed by atoms with E-state index in [2.05, 4.69) is 30.6 Å². The zero-order chi connectivity index (χ0) is 49.2. The second-order valence-electron chi connectivity index (χ2n) is 27.6. The number of esters is 5. The predicted molar refractivity (Wildman–Crippen MR) is 263 cm³/mol. The topological polar surface area (TPSA) is 148 Å². The van der Waals surface area contributed by atoms with E-state index in [0.717, 1.165) is 156 Å². The van der Waals surface area contributed by atoms with E-state index in [1.165, 1.54) is 16.7 Å². The maximum Gasteiger partial charge on any atom is 0.335 e. The number of carbonyl (C=O) groups excluding carboxylic acids is 5. The Morgan fingerprint density at radius 2 is 0.787 bits per heavy atom. The van der Waals surface area contributed by atoms with Crippen LogP contribution in [0.15, 0.2) is 68.4 Å². The number of hydrogen-bond donors (Lipinski definition) is 0. The molecule has 0 amide bonds. The molecule has 20 aliphatic rings. The molecule has 5 aliphatic carbocycles. The number of carbonyl (C=O) groups is 5. The molecular formula is C60H65N5O10. The maximum atomic E-state index is 15.6. The van der Waals surface area contributed by atoms with Crippen LogP contribution in [0.3, 0.4) is 0 Å². The van der Waals surface area contributed by atoms with Crippen LogP contribution in [-0.2, 0) is 47.7 Å². The first-order valence-corrected chi connectivity index (χ1v) is 29.8. The molecule has 0 aromatic heterocycles. The molecule has 0 radical (unpaired) electrons. The molecule has 20 rings (SSSR count). The third kappa shape index (κ3) is 4.58. The van der Waals surface area contributed by atoms with Crippen LogP contribution in [0, 0.1) is 23.7 Å². The second kappa shape index (κ2) is 13.4. The molecule has 15 nitrogen and oxygen atoms in total. The zero-order valence-electron chi connectivity index (χ0n) is 42.6. The summed E-state index contributed by atoms with van der Waals surface area (Å²) in [6.45, 7) is 4.78. The molecule has 5 spiro atoms. The second-order valence-corrected chi connectivity index (χ2v) is 27.6. The van der Waals surface area contributed by atoms with E-state index < -0.39 is 28.0 Å². The van der Waals surface area contributed by atoms with Crippen LogP contribution in [0.5, 0.6) is 0 Å². The van der Waals surface area contributed by atoms with Gasteiger partial charge in [-0.3, -0.25) is 24.5 Å². The molecule has 0 N–H and O–H groups in total. The summed E-state index contributed by atoms with van der Waals surface area (Å²) in [5.74, 6) is -1.30. The Bertz CT molecular complexity index is 3120. The fraction of sp³-hybridized carbons (Fsp3) is 0.717. The van der Waals surface area contributed by atoms with Crippen LogP contribution in [0.1, 0.15) is 122 Å². The highest BCUT2D eigenvalue weighted by Gasteiger charge is 2.75. The minimum absolute atomic E-state index is 0.0312. The van der Waals surface area contributed by atoms with Crippen molar-refractivity contribution in [1.82, 2.24) is 24.5 Å². The zero-order valence-corrected chi connectivity index (χ0v) is 42.6. The molecular weight excluding hydrogens is 951 g/mol. The quantitative estimate of drug-likeness (QED) is 0.289. The lowest BCUT2D eigenvalue weighted by molar-refractivity contribution is -0.151. The molecule has 15 aliphatic heterocycles. The molecule has 10 bridgehead atoms. The monoisotopic (exact) mass is 1020 g/mol. The van der Waals surface area contributed by atoms with Crippen molar-refractivity contribution in [1.29, 1.82) is 0 Å². The minimum atomic E-state index is -0.720. The van der Waals surface area contributed by atoms with Crippen LogP contribution in [0.25, 0.3) is 0 Å². The van der Waals surface area contributed by atoms with Crippen molar-refractivity contribution in [3.63, 3.8) is 0 Å². The smallest absolute Gasteiger partial charge is 0.335 e. The molecule has 75 heavy (non-hydrogen) atoms. The summed E-state index contributed by atoms with van der Waals surface area (Å²) in [7, 11) is 0. The van der Waals surface area contributed by atoms with Crippen molar-refractivity contribution in [3.8, 4) is 0 Å². The van der Waals surface area contributed by atoms with Crippen molar-refractivity contribution >= 4 is 29.8 Å². The fourth-order valence-electron chi connectivity index (χ4n) is 23.8. The number of ether oxygens (including phenoxy) is 5. The number of rotatable bonds is 4. The maximum absolute atomic E-state index is 15.6. The molecule has 15 heterocycles. The summed E-state index contributed by atoms with van der Waals surface area (Å²) in [5.41, 5.74) is 6.22. The highest BCUT2D eigenvalue weighted by Crippen LogP contribution is 2.69. The minimum Gasteiger partial charge on any atom is -0.450 e. The van der Waals surface area contributed by atoms with Gasteiger partial charge >= 0.3 is 29.8 Å². The van der Waals surface area contributed by atoms with Gasteiger partial charge in [-0.05, 0) is 150 Å². The largest absolute Gasteiger partial charge is 0.450 e. The molecule has 10 saturated heterocycles. The van der Waals surface area contributed by atoms with Crippen LogP contribution >= 0.6 is 0 Å². The van der Waals surface area contributed by atoms with E-state index in [0.29, 0.717) is 32.1 Å². The van der Waals surface area contributed by atoms with E-state index >= 15 is 14.4 Å². The van der Waals surface area contributed by atoms with E-state index in [1.807, 2.05) is 0 Å². The normalized spacial score (nSPS) is 52.8. The third-order valence-corrected chi connectivity index (χ3v) is 25.7. The summed E-state index contributed by atoms with van der Waals surface area (Å²) >= 11 is 0. The fourth-order valence-corrected chi connectivity index (χ4v) is 23.8. The molecule has 0 aromatic rings. The van der Waals surface area contributed by atoms with Gasteiger partial charge < -0.3 is 23.7 Å². The van der Waals surface area contributed by atoms with Gasteiger partial charge in [0.15, 0.2) is 28.0 Å². The van der Waals surface area contributed by atoms with Crippen LogP contribution in [0.4, 0.5) is 0 Å². The van der Waals surface area contributed by atoms with Crippen molar-refractivity contribution in [2.24, 2.45) is 23.7 Å². The number of fused-ring (bicyclic) bond motifs is 15. The van der Waals surface area contributed by atoms with E-state index in [-0.39, 0.29) is 114 Å². The lowest BCUT2D eigenvalue weighted by Gasteiger charge is -2.43. The average Bonchev–Trinajstić information content (AvgIpc) is 4.42. The third-order valence-electron chi connectivity index (χ3n) is 25.7. The van der Waals surface area contributed by atoms with Gasteiger partial charge in [0.05, 0.1) is 30.2 Å². The van der Waals surface area contributed by atoms with Crippen molar-refractivity contribution in [2.45, 2.75) is 210 Å². The molecule has 0 aromatic carbocycles. The average molecular weight is 1020 g/mol.